The van der Waals surface area contributed by atoms with Gasteiger partial charge in [0.05, 0.1) is 34.5 Å². The summed E-state index contributed by atoms with van der Waals surface area (Å²) in [5.41, 5.74) is 1.47. The topological polar surface area (TPSA) is 135 Å². The summed E-state index contributed by atoms with van der Waals surface area (Å²) in [7, 11) is -1.80. The van der Waals surface area contributed by atoms with Crippen molar-refractivity contribution < 1.29 is 34.3 Å². The number of aromatic hydroxyl groups is 1. The van der Waals surface area contributed by atoms with Gasteiger partial charge in [-0.25, -0.2) is 4.90 Å². The molecule has 3 N–H and O–H groups in total. The number of fused-ring (bicyclic) bond motifs is 4. The summed E-state index contributed by atoms with van der Waals surface area (Å²) in [4.78, 5) is 61.3. The van der Waals surface area contributed by atoms with Crippen molar-refractivity contribution in [3.05, 3.63) is 143 Å². The number of phenolic OH excluding ortho intramolecular Hbond substituents is 1. The largest absolute Gasteiger partial charge is 0.507 e. The number of carbonyl (C=O) groups excluding carboxylic acids is 4. The highest BCUT2D eigenvalue weighted by Crippen LogP contribution is 2.65. The first-order valence-corrected chi connectivity index (χ1v) is 17.6. The van der Waals surface area contributed by atoms with Crippen LogP contribution in [0.3, 0.4) is 0 Å². The Morgan fingerprint density at radius 2 is 1.54 bits per heavy atom. The highest BCUT2D eigenvalue weighted by Gasteiger charge is 2.70. The molecule has 3 fully saturated rings. The van der Waals surface area contributed by atoms with Gasteiger partial charge in [0.15, 0.2) is 0 Å². The Hall–Kier alpha value is -5.29. The van der Waals surface area contributed by atoms with E-state index in [0.29, 0.717) is 39.4 Å². The van der Waals surface area contributed by atoms with Crippen molar-refractivity contribution in [2.45, 2.75) is 30.6 Å². The molecule has 2 aliphatic heterocycles. The average Bonchev–Trinajstić information content (AvgIpc) is 3.53. The lowest BCUT2D eigenvalue weighted by Crippen LogP contribution is -2.53. The van der Waals surface area contributed by atoms with E-state index in [-0.39, 0.29) is 29.7 Å². The monoisotopic (exact) mass is 712 g/mol. The fourth-order valence-electron chi connectivity index (χ4n) is 9.33. The van der Waals surface area contributed by atoms with Crippen molar-refractivity contribution in [3.8, 4) is 5.75 Å². The Bertz CT molecular complexity index is 2210. The van der Waals surface area contributed by atoms with E-state index in [9.17, 15) is 29.5 Å². The van der Waals surface area contributed by atoms with Crippen LogP contribution in [-0.4, -0.2) is 45.9 Å². The average molecular weight is 713 g/mol. The summed E-state index contributed by atoms with van der Waals surface area (Å²) in [6, 6.07) is 27.1. The quantitative estimate of drug-likeness (QED) is 0.142. The number of halogens is 1. The van der Waals surface area contributed by atoms with Crippen LogP contribution < -0.4 is 15.3 Å². The van der Waals surface area contributed by atoms with Crippen molar-refractivity contribution in [2.24, 2.45) is 23.7 Å². The van der Waals surface area contributed by atoms with Crippen LogP contribution in [0.5, 0.6) is 5.75 Å². The van der Waals surface area contributed by atoms with Gasteiger partial charge in [-0.15, -0.1) is 6.58 Å². The van der Waals surface area contributed by atoms with Gasteiger partial charge in [-0.3, -0.25) is 24.1 Å². The summed E-state index contributed by atoms with van der Waals surface area (Å²) in [6.45, 7) is 3.85. The predicted molar refractivity (Wildman–Crippen MR) is 197 cm³/mol. The number of amides is 4. The molecule has 9 nitrogen and oxygen atoms in total. The van der Waals surface area contributed by atoms with Crippen molar-refractivity contribution in [1.29, 1.82) is 0 Å². The maximum Gasteiger partial charge on any atom is 0.488 e. The summed E-state index contributed by atoms with van der Waals surface area (Å²) < 4.78 is 0. The van der Waals surface area contributed by atoms with Crippen LogP contribution in [0.2, 0.25) is 5.02 Å². The van der Waals surface area contributed by atoms with E-state index in [1.807, 2.05) is 42.5 Å². The number of hydrogen-bond donors (Lipinski definition) is 3. The van der Waals surface area contributed by atoms with Gasteiger partial charge < -0.3 is 15.2 Å². The second-order valence-electron chi connectivity index (χ2n) is 13.9. The molecule has 4 amide bonds. The maximum atomic E-state index is 15.4. The Kier molecular flexibility index (Phi) is 8.29. The molecule has 52 heavy (non-hydrogen) atoms. The lowest BCUT2D eigenvalue weighted by Gasteiger charge is -2.50. The van der Waals surface area contributed by atoms with Crippen LogP contribution >= 0.6 is 11.6 Å². The van der Waals surface area contributed by atoms with E-state index in [2.05, 4.69) is 6.58 Å². The van der Waals surface area contributed by atoms with Gasteiger partial charge in [-0.1, -0.05) is 96.1 Å². The zero-order chi connectivity index (χ0) is 36.5. The molecule has 260 valence electrons. The molecule has 6 unspecified atom stereocenters. The predicted octanol–water partition coefficient (Wildman–Crippen LogP) is 4.82. The summed E-state index contributed by atoms with van der Waals surface area (Å²) >= 11 is 6.40. The summed E-state index contributed by atoms with van der Waals surface area (Å²) in [5.74, 6) is -5.97. The fourth-order valence-corrected chi connectivity index (χ4v) is 9.52. The van der Waals surface area contributed by atoms with E-state index in [0.717, 1.165) is 4.90 Å². The molecule has 4 aromatic rings. The number of para-hydroxylation sites is 1. The maximum absolute atomic E-state index is 15.4. The molecule has 8 rings (SSSR count). The molecule has 0 radical (unpaired) electrons. The standard InChI is InChI=1S/C41H34BClN2O7/c1-2-9-23-10-6-17-31(36(23)46)35-29-18-19-30-34(39(49)44(37(30)47)27-15-7-13-25(20-27)42(51)52)32(29)22-33-38(48)45(28-16-8-14-26(43)21-28)40(50)41(33,35)24-11-4-3-5-12-24/h2-8,10-18,20-21,30,32-35,46,51-52H,1,9,19,22H2. The highest BCUT2D eigenvalue weighted by molar-refractivity contribution is 6.58. The van der Waals surface area contributed by atoms with Crippen LogP contribution in [0.1, 0.15) is 35.4 Å². The third kappa shape index (κ3) is 4.85. The SMILES string of the molecule is C=CCc1cccc(C2C3=CCC4C(=O)N(c5cccc(B(O)O)c5)C(=O)C4C3CC3C(=O)N(c4cccc(Cl)c4)C(=O)C32c2ccccc2)c1O. The smallest absolute Gasteiger partial charge is 0.488 e. The molecule has 4 aromatic carbocycles. The van der Waals surface area contributed by atoms with Gasteiger partial charge in [0.1, 0.15) is 5.75 Å². The normalized spacial score (nSPS) is 26.5. The van der Waals surface area contributed by atoms with Gasteiger partial charge >= 0.3 is 7.12 Å². The first kappa shape index (κ1) is 33.8. The third-order valence-electron chi connectivity index (χ3n) is 11.4. The van der Waals surface area contributed by atoms with Crippen molar-refractivity contribution in [1.82, 2.24) is 0 Å². The van der Waals surface area contributed by atoms with Crippen LogP contribution in [-0.2, 0) is 31.0 Å². The van der Waals surface area contributed by atoms with E-state index in [1.165, 1.54) is 17.0 Å². The number of imide groups is 2. The first-order chi connectivity index (χ1) is 25.1. The second kappa shape index (κ2) is 12.7. The van der Waals surface area contributed by atoms with E-state index < -0.39 is 65.8 Å². The molecule has 1 saturated carbocycles. The minimum absolute atomic E-state index is 0.0265. The van der Waals surface area contributed by atoms with Crippen LogP contribution in [0.4, 0.5) is 11.4 Å². The number of allylic oxidation sites excluding steroid dienone is 3. The number of hydrogen-bond acceptors (Lipinski definition) is 7. The molecule has 2 aliphatic carbocycles. The van der Waals surface area contributed by atoms with Gasteiger partial charge in [-0.05, 0) is 72.1 Å². The first-order valence-electron chi connectivity index (χ1n) is 17.2. The summed E-state index contributed by atoms with van der Waals surface area (Å²) in [6.07, 6.45) is 4.25. The molecule has 0 spiro atoms. The van der Waals surface area contributed by atoms with Crippen molar-refractivity contribution in [3.63, 3.8) is 0 Å². The fraction of sp³-hybridized carbons (Fsp3) is 0.220. The zero-order valence-electron chi connectivity index (χ0n) is 27.9. The Labute approximate surface area is 305 Å². The van der Waals surface area contributed by atoms with Crippen molar-refractivity contribution in [2.75, 3.05) is 9.80 Å². The van der Waals surface area contributed by atoms with Crippen molar-refractivity contribution >= 4 is 59.2 Å². The summed E-state index contributed by atoms with van der Waals surface area (Å²) in [5, 5.41) is 32.0. The molecular weight excluding hydrogens is 679 g/mol. The van der Waals surface area contributed by atoms with Crippen LogP contribution in [0, 0.1) is 23.7 Å². The number of anilines is 2. The molecule has 2 saturated heterocycles. The van der Waals surface area contributed by atoms with E-state index in [1.54, 1.807) is 54.6 Å². The zero-order valence-corrected chi connectivity index (χ0v) is 28.7. The molecule has 11 heteroatoms. The third-order valence-corrected chi connectivity index (χ3v) is 11.7. The van der Waals surface area contributed by atoms with E-state index in [4.69, 9.17) is 11.6 Å². The van der Waals surface area contributed by atoms with Gasteiger partial charge in [-0.2, -0.15) is 0 Å². The Morgan fingerprint density at radius 3 is 2.25 bits per heavy atom. The lowest BCUT2D eigenvalue weighted by molar-refractivity contribution is -0.127. The number of phenols is 1. The molecule has 4 aliphatic rings. The number of carbonyl (C=O) groups is 4. The minimum atomic E-state index is -1.80. The minimum Gasteiger partial charge on any atom is -0.507 e. The Balaban J connectivity index is 1.35. The van der Waals surface area contributed by atoms with Gasteiger partial charge in [0.25, 0.3) is 0 Å². The molecule has 0 aromatic heterocycles. The second-order valence-corrected chi connectivity index (χ2v) is 14.4. The number of rotatable bonds is 7. The van der Waals surface area contributed by atoms with Gasteiger partial charge in [0.2, 0.25) is 23.6 Å². The van der Waals surface area contributed by atoms with E-state index >= 15 is 4.79 Å². The van der Waals surface area contributed by atoms with Crippen LogP contribution in [0.25, 0.3) is 0 Å². The van der Waals surface area contributed by atoms with Gasteiger partial charge in [0, 0.05) is 16.5 Å². The number of nitrogens with zero attached hydrogens (tertiary/aromatic N) is 2. The highest BCUT2D eigenvalue weighted by atomic mass is 35.5. The molecular formula is C41H34BClN2O7. The number of benzene rings is 4. The van der Waals surface area contributed by atoms with Crippen LogP contribution in [0.15, 0.2) is 121 Å². The lowest BCUT2D eigenvalue weighted by atomic mass is 9.49. The molecule has 2 heterocycles. The molecule has 0 bridgehead atoms. The Morgan fingerprint density at radius 1 is 0.827 bits per heavy atom. The molecule has 6 atom stereocenters.